The van der Waals surface area contributed by atoms with E-state index >= 15 is 0 Å². The van der Waals surface area contributed by atoms with Crippen LogP contribution in [0.15, 0.2) is 52.3 Å². The number of nitrogens with one attached hydrogen (secondary N) is 2. The minimum absolute atomic E-state index is 0.0725. The van der Waals surface area contributed by atoms with Crippen LogP contribution >= 0.6 is 0 Å². The van der Waals surface area contributed by atoms with Gasteiger partial charge in [0.1, 0.15) is 10.6 Å². The van der Waals surface area contributed by atoms with Gasteiger partial charge in [-0.2, -0.15) is 0 Å². The van der Waals surface area contributed by atoms with Crippen molar-refractivity contribution in [1.82, 2.24) is 10.0 Å². The highest BCUT2D eigenvalue weighted by atomic mass is 32.2. The molecule has 1 aliphatic rings. The lowest BCUT2D eigenvalue weighted by Crippen LogP contribution is -2.34. The smallest absolute Gasteiger partial charge is 0.251 e. The van der Waals surface area contributed by atoms with Crippen LogP contribution < -0.4 is 14.8 Å². The standard InChI is InChI=1S/C18H20N2O6S2/c1-19-28(24,25)17-11-12(7-8-15(17)26-2)18(21)20-14-9-10-27(22,23)16-6-4-3-5-13(14)16/h3-8,11,14,19H,9-10H2,1-2H3,(H,20,21)/t14-/m0/s1. The van der Waals surface area contributed by atoms with Crippen LogP contribution in [0.2, 0.25) is 0 Å². The highest BCUT2D eigenvalue weighted by molar-refractivity contribution is 7.91. The Labute approximate surface area is 163 Å². The molecule has 10 heteroatoms. The van der Waals surface area contributed by atoms with Gasteiger partial charge in [0.2, 0.25) is 10.0 Å². The zero-order chi connectivity index (χ0) is 20.5. The number of carbonyl (C=O) groups is 1. The molecular formula is C18H20N2O6S2. The number of hydrogen-bond donors (Lipinski definition) is 2. The first kappa shape index (κ1) is 20.3. The van der Waals surface area contributed by atoms with E-state index in [1.807, 2.05) is 0 Å². The van der Waals surface area contributed by atoms with E-state index in [0.29, 0.717) is 5.56 Å². The van der Waals surface area contributed by atoms with E-state index in [4.69, 9.17) is 4.74 Å². The van der Waals surface area contributed by atoms with Gasteiger partial charge in [0.25, 0.3) is 5.91 Å². The van der Waals surface area contributed by atoms with Gasteiger partial charge in [0.15, 0.2) is 9.84 Å². The average molecular weight is 425 g/mol. The molecule has 150 valence electrons. The van der Waals surface area contributed by atoms with Crippen molar-refractivity contribution in [2.45, 2.75) is 22.3 Å². The van der Waals surface area contributed by atoms with Crippen molar-refractivity contribution < 1.29 is 26.4 Å². The molecule has 0 radical (unpaired) electrons. The zero-order valence-electron chi connectivity index (χ0n) is 15.3. The van der Waals surface area contributed by atoms with Gasteiger partial charge in [-0.3, -0.25) is 4.79 Å². The van der Waals surface area contributed by atoms with Crippen molar-refractivity contribution in [3.05, 3.63) is 53.6 Å². The molecule has 0 saturated heterocycles. The number of amides is 1. The Morgan fingerprint density at radius 2 is 1.89 bits per heavy atom. The van der Waals surface area contributed by atoms with E-state index in [9.17, 15) is 21.6 Å². The first-order valence-corrected chi connectivity index (χ1v) is 11.6. The van der Waals surface area contributed by atoms with Crippen molar-refractivity contribution in [1.29, 1.82) is 0 Å². The van der Waals surface area contributed by atoms with E-state index in [0.717, 1.165) is 0 Å². The number of fused-ring (bicyclic) bond motifs is 1. The number of sulfone groups is 1. The molecular weight excluding hydrogens is 404 g/mol. The van der Waals surface area contributed by atoms with Crippen LogP contribution in [0.3, 0.4) is 0 Å². The van der Waals surface area contributed by atoms with Gasteiger partial charge in [-0.1, -0.05) is 18.2 Å². The van der Waals surface area contributed by atoms with Crippen LogP contribution in [0.5, 0.6) is 5.75 Å². The Morgan fingerprint density at radius 1 is 1.18 bits per heavy atom. The highest BCUT2D eigenvalue weighted by Gasteiger charge is 2.31. The Morgan fingerprint density at radius 3 is 2.57 bits per heavy atom. The average Bonchev–Trinajstić information content (AvgIpc) is 2.69. The SMILES string of the molecule is CNS(=O)(=O)c1cc(C(=O)N[C@H]2CCS(=O)(=O)c3ccccc32)ccc1OC. The van der Waals surface area contributed by atoms with Gasteiger partial charge < -0.3 is 10.1 Å². The molecule has 0 fully saturated rings. The lowest BCUT2D eigenvalue weighted by molar-refractivity contribution is 0.0934. The fourth-order valence-corrected chi connectivity index (χ4v) is 5.66. The van der Waals surface area contributed by atoms with Crippen molar-refractivity contribution in [2.75, 3.05) is 19.9 Å². The summed E-state index contributed by atoms with van der Waals surface area (Å²) in [6.07, 6.45) is 0.239. The quantitative estimate of drug-likeness (QED) is 0.746. The van der Waals surface area contributed by atoms with E-state index in [2.05, 4.69) is 10.0 Å². The molecule has 8 nitrogen and oxygen atoms in total. The van der Waals surface area contributed by atoms with Crippen molar-refractivity contribution in [3.63, 3.8) is 0 Å². The van der Waals surface area contributed by atoms with Gasteiger partial charge in [-0.15, -0.1) is 0 Å². The molecule has 0 spiro atoms. The molecule has 1 amide bonds. The summed E-state index contributed by atoms with van der Waals surface area (Å²) < 4.78 is 56.1. The van der Waals surface area contributed by atoms with Crippen LogP contribution in [-0.2, 0) is 19.9 Å². The van der Waals surface area contributed by atoms with Crippen LogP contribution in [0, 0.1) is 0 Å². The molecule has 0 unspecified atom stereocenters. The third-order valence-corrected chi connectivity index (χ3v) is 7.84. The monoisotopic (exact) mass is 424 g/mol. The number of methoxy groups -OCH3 is 1. The Balaban J connectivity index is 1.93. The number of hydrogen-bond acceptors (Lipinski definition) is 6. The largest absolute Gasteiger partial charge is 0.495 e. The molecule has 0 bridgehead atoms. The lowest BCUT2D eigenvalue weighted by Gasteiger charge is -2.26. The summed E-state index contributed by atoms with van der Waals surface area (Å²) in [5.74, 6) is -0.467. The van der Waals surface area contributed by atoms with Gasteiger partial charge in [0, 0.05) is 5.56 Å². The van der Waals surface area contributed by atoms with E-state index in [1.54, 1.807) is 18.2 Å². The highest BCUT2D eigenvalue weighted by Crippen LogP contribution is 2.32. The maximum absolute atomic E-state index is 12.7. The summed E-state index contributed by atoms with van der Waals surface area (Å²) in [6.45, 7) is 0. The second-order valence-corrected chi connectivity index (χ2v) is 10.2. The summed E-state index contributed by atoms with van der Waals surface area (Å²) in [5.41, 5.74) is 0.652. The molecule has 2 aromatic rings. The molecule has 1 atom stereocenters. The van der Waals surface area contributed by atoms with Gasteiger partial charge in [-0.25, -0.2) is 21.6 Å². The van der Waals surface area contributed by atoms with E-state index in [1.165, 1.54) is 38.4 Å². The van der Waals surface area contributed by atoms with Crippen LogP contribution in [0.25, 0.3) is 0 Å². The number of sulfonamides is 1. The normalized spacial score (nSPS) is 18.1. The third-order valence-electron chi connectivity index (χ3n) is 4.59. The summed E-state index contributed by atoms with van der Waals surface area (Å²) in [5, 5.41) is 2.80. The number of carbonyl (C=O) groups excluding carboxylic acids is 1. The Kier molecular flexibility index (Phi) is 5.46. The second kappa shape index (κ2) is 7.53. The van der Waals surface area contributed by atoms with Gasteiger partial charge >= 0.3 is 0 Å². The van der Waals surface area contributed by atoms with Gasteiger partial charge in [-0.05, 0) is 43.3 Å². The molecule has 2 N–H and O–H groups in total. The Hall–Kier alpha value is -2.43. The predicted molar refractivity (Wildman–Crippen MR) is 103 cm³/mol. The molecule has 1 aliphatic heterocycles. The molecule has 0 aromatic heterocycles. The lowest BCUT2D eigenvalue weighted by atomic mass is 10.0. The zero-order valence-corrected chi connectivity index (χ0v) is 16.9. The number of ether oxygens (including phenoxy) is 1. The molecule has 0 aliphatic carbocycles. The number of benzene rings is 2. The van der Waals surface area contributed by atoms with Crippen molar-refractivity contribution in [2.24, 2.45) is 0 Å². The minimum Gasteiger partial charge on any atom is -0.495 e. The van der Waals surface area contributed by atoms with Crippen molar-refractivity contribution in [3.8, 4) is 5.75 Å². The first-order chi connectivity index (χ1) is 13.2. The molecule has 0 saturated carbocycles. The minimum atomic E-state index is -3.83. The maximum atomic E-state index is 12.7. The molecule has 2 aromatic carbocycles. The van der Waals surface area contributed by atoms with E-state index in [-0.39, 0.29) is 33.3 Å². The topological polar surface area (TPSA) is 119 Å². The summed E-state index contributed by atoms with van der Waals surface area (Å²) in [4.78, 5) is 12.8. The summed E-state index contributed by atoms with van der Waals surface area (Å²) >= 11 is 0. The molecule has 28 heavy (non-hydrogen) atoms. The first-order valence-electron chi connectivity index (χ1n) is 8.44. The summed E-state index contributed by atoms with van der Waals surface area (Å²) in [6, 6.07) is 10.1. The fraction of sp³-hybridized carbons (Fsp3) is 0.278. The third kappa shape index (κ3) is 3.75. The molecule has 3 rings (SSSR count). The number of rotatable bonds is 5. The molecule has 1 heterocycles. The van der Waals surface area contributed by atoms with Crippen LogP contribution in [0.1, 0.15) is 28.4 Å². The van der Waals surface area contributed by atoms with Crippen LogP contribution in [0.4, 0.5) is 0 Å². The predicted octanol–water partition coefficient (Wildman–Crippen LogP) is 1.25. The second-order valence-electron chi connectivity index (χ2n) is 6.24. The van der Waals surface area contributed by atoms with Crippen molar-refractivity contribution >= 4 is 25.8 Å². The van der Waals surface area contributed by atoms with Crippen LogP contribution in [-0.4, -0.2) is 42.7 Å². The van der Waals surface area contributed by atoms with E-state index < -0.39 is 31.8 Å². The maximum Gasteiger partial charge on any atom is 0.251 e. The Bertz CT molecular complexity index is 1130. The van der Waals surface area contributed by atoms with Gasteiger partial charge in [0.05, 0.1) is 23.8 Å². The fourth-order valence-electron chi connectivity index (χ4n) is 3.12. The summed E-state index contributed by atoms with van der Waals surface area (Å²) in [7, 11) is -4.60.